The Morgan fingerprint density at radius 1 is 1.14 bits per heavy atom. The molecule has 0 unspecified atom stereocenters. The minimum absolute atomic E-state index is 0.00631. The van der Waals surface area contributed by atoms with Gasteiger partial charge in [-0.1, -0.05) is 18.2 Å². The fraction of sp³-hybridized carbons (Fsp3) is 0.143. The maximum Gasteiger partial charge on any atom is 0.206 e. The number of nitrogens with zero attached hydrogens (tertiary/aromatic N) is 3. The third-order valence-corrected chi connectivity index (χ3v) is 5.55. The summed E-state index contributed by atoms with van der Waals surface area (Å²) in [7, 11) is 0. The Morgan fingerprint density at radius 3 is 2.82 bits per heavy atom. The first-order valence-electron chi connectivity index (χ1n) is 9.06. The number of phenols is 2. The molecule has 28 heavy (non-hydrogen) atoms. The van der Waals surface area contributed by atoms with Gasteiger partial charge in [-0.05, 0) is 31.0 Å². The number of phenolic OH excluding ortho intramolecular Hbond substituents is 2. The van der Waals surface area contributed by atoms with Crippen LogP contribution >= 0.6 is 11.3 Å². The van der Waals surface area contributed by atoms with Crippen molar-refractivity contribution in [2.45, 2.75) is 18.9 Å². The molecule has 0 spiro atoms. The quantitative estimate of drug-likeness (QED) is 0.459. The molecule has 140 valence electrons. The molecule has 0 amide bonds. The van der Waals surface area contributed by atoms with Crippen LogP contribution in [0.2, 0.25) is 0 Å². The number of thiazole rings is 1. The zero-order valence-corrected chi connectivity index (χ0v) is 15.7. The summed E-state index contributed by atoms with van der Waals surface area (Å²) >= 11 is 1.49. The van der Waals surface area contributed by atoms with Gasteiger partial charge in [0.2, 0.25) is 4.80 Å². The zero-order valence-electron chi connectivity index (χ0n) is 14.9. The molecule has 0 aliphatic heterocycles. The second-order valence-electron chi connectivity index (χ2n) is 6.81. The summed E-state index contributed by atoms with van der Waals surface area (Å²) in [6, 6.07) is 13.0. The molecule has 0 radical (unpaired) electrons. The van der Waals surface area contributed by atoms with Gasteiger partial charge in [-0.15, -0.1) is 11.3 Å². The van der Waals surface area contributed by atoms with E-state index in [1.807, 2.05) is 35.8 Å². The summed E-state index contributed by atoms with van der Waals surface area (Å²) < 4.78 is 1.76. The molecule has 5 rings (SSSR count). The van der Waals surface area contributed by atoms with Crippen molar-refractivity contribution in [2.24, 2.45) is 10.1 Å². The van der Waals surface area contributed by atoms with E-state index in [1.54, 1.807) is 23.0 Å². The number of benzene rings is 2. The standard InChI is InChI=1S/C21H18N4O2S/c26-15-7-8-17(20(27)9-15)19-12-28-21(24-14-5-6-14)25(19)23-11-13-10-22-18-4-2-1-3-16(13)18/h1-4,7-12,14,22,26-27H,5-6H2. The molecule has 7 heteroatoms. The van der Waals surface area contributed by atoms with Crippen LogP contribution in [0.1, 0.15) is 18.4 Å². The topological polar surface area (TPSA) is 85.9 Å². The van der Waals surface area contributed by atoms with Crippen molar-refractivity contribution < 1.29 is 10.2 Å². The van der Waals surface area contributed by atoms with Gasteiger partial charge in [0.15, 0.2) is 0 Å². The highest BCUT2D eigenvalue weighted by Gasteiger charge is 2.21. The number of aromatic nitrogens is 2. The van der Waals surface area contributed by atoms with E-state index in [-0.39, 0.29) is 11.5 Å². The van der Waals surface area contributed by atoms with E-state index < -0.39 is 0 Å². The average molecular weight is 390 g/mol. The third-order valence-electron chi connectivity index (χ3n) is 4.72. The lowest BCUT2D eigenvalue weighted by molar-refractivity contribution is 0.451. The molecule has 1 aliphatic rings. The summed E-state index contributed by atoms with van der Waals surface area (Å²) in [6.07, 6.45) is 5.93. The lowest BCUT2D eigenvalue weighted by atomic mass is 10.1. The molecule has 2 aromatic carbocycles. The number of para-hydroxylation sites is 1. The Balaban J connectivity index is 1.63. The highest BCUT2D eigenvalue weighted by atomic mass is 32.1. The van der Waals surface area contributed by atoms with E-state index in [4.69, 9.17) is 10.1 Å². The van der Waals surface area contributed by atoms with Crippen molar-refractivity contribution in [3.63, 3.8) is 0 Å². The number of hydrogen-bond donors (Lipinski definition) is 3. The second kappa shape index (κ2) is 6.69. The van der Waals surface area contributed by atoms with E-state index >= 15 is 0 Å². The molecule has 0 atom stereocenters. The number of aromatic amines is 1. The zero-order chi connectivity index (χ0) is 19.1. The number of nitrogens with one attached hydrogen (secondary N) is 1. The number of H-pyrrole nitrogens is 1. The molecule has 0 bridgehead atoms. The van der Waals surface area contributed by atoms with Gasteiger partial charge in [0.05, 0.1) is 18.0 Å². The van der Waals surface area contributed by atoms with Crippen LogP contribution in [0.5, 0.6) is 11.5 Å². The normalized spacial score (nSPS) is 15.1. The second-order valence-corrected chi connectivity index (χ2v) is 7.65. The molecule has 2 heterocycles. The predicted octanol–water partition coefficient (Wildman–Crippen LogP) is 4.05. The lowest BCUT2D eigenvalue weighted by Gasteiger charge is -2.06. The Kier molecular flexibility index (Phi) is 4.02. The van der Waals surface area contributed by atoms with Crippen LogP contribution in [0.25, 0.3) is 22.2 Å². The third kappa shape index (κ3) is 3.10. The van der Waals surface area contributed by atoms with Crippen LogP contribution in [0.4, 0.5) is 0 Å². The van der Waals surface area contributed by atoms with Crippen molar-refractivity contribution in [2.75, 3.05) is 0 Å². The Bertz CT molecular complexity index is 1260. The van der Waals surface area contributed by atoms with Gasteiger partial charge in [-0.2, -0.15) is 5.10 Å². The summed E-state index contributed by atoms with van der Waals surface area (Å²) in [4.78, 5) is 8.80. The van der Waals surface area contributed by atoms with Crippen molar-refractivity contribution >= 4 is 28.5 Å². The van der Waals surface area contributed by atoms with Crippen LogP contribution in [-0.2, 0) is 0 Å². The van der Waals surface area contributed by atoms with Gasteiger partial charge in [0.25, 0.3) is 0 Å². The molecule has 0 saturated heterocycles. The average Bonchev–Trinajstić information content (AvgIpc) is 3.28. The van der Waals surface area contributed by atoms with Gasteiger partial charge in [-0.3, -0.25) is 4.99 Å². The van der Waals surface area contributed by atoms with Crippen LogP contribution < -0.4 is 4.80 Å². The first kappa shape index (κ1) is 16.8. The predicted molar refractivity (Wildman–Crippen MR) is 111 cm³/mol. The Morgan fingerprint density at radius 2 is 2.00 bits per heavy atom. The smallest absolute Gasteiger partial charge is 0.206 e. The summed E-state index contributed by atoms with van der Waals surface area (Å²) in [6.45, 7) is 0. The maximum absolute atomic E-state index is 10.3. The summed E-state index contributed by atoms with van der Waals surface area (Å²) in [5.41, 5.74) is 3.37. The van der Waals surface area contributed by atoms with Crippen molar-refractivity contribution in [1.82, 2.24) is 9.66 Å². The number of rotatable bonds is 4. The summed E-state index contributed by atoms with van der Waals surface area (Å²) in [5, 5.41) is 27.6. The lowest BCUT2D eigenvalue weighted by Crippen LogP contribution is -2.13. The molecule has 3 N–H and O–H groups in total. The molecular formula is C21H18N4O2S. The Hall–Kier alpha value is -3.32. The van der Waals surface area contributed by atoms with Crippen LogP contribution in [0.3, 0.4) is 0 Å². The molecule has 1 aliphatic carbocycles. The first-order chi connectivity index (χ1) is 13.7. The van der Waals surface area contributed by atoms with Crippen LogP contribution in [0, 0.1) is 0 Å². The van der Waals surface area contributed by atoms with Gasteiger partial charge in [0.1, 0.15) is 11.5 Å². The minimum Gasteiger partial charge on any atom is -0.508 e. The molecule has 1 fully saturated rings. The van der Waals surface area contributed by atoms with E-state index in [2.05, 4.69) is 4.98 Å². The highest BCUT2D eigenvalue weighted by Crippen LogP contribution is 2.32. The van der Waals surface area contributed by atoms with E-state index in [0.29, 0.717) is 11.6 Å². The monoisotopic (exact) mass is 390 g/mol. The molecule has 2 aromatic heterocycles. The van der Waals surface area contributed by atoms with Crippen molar-refractivity contribution in [3.8, 4) is 22.8 Å². The Labute approximate surface area is 164 Å². The SMILES string of the molecule is Oc1ccc(-c2csc(=NC3CC3)n2N=Cc2c[nH]c3ccccc23)c(O)c1. The first-order valence-corrected chi connectivity index (χ1v) is 9.94. The highest BCUT2D eigenvalue weighted by molar-refractivity contribution is 7.07. The molecule has 1 saturated carbocycles. The summed E-state index contributed by atoms with van der Waals surface area (Å²) in [5.74, 6) is 0.0278. The maximum atomic E-state index is 10.3. The van der Waals surface area contributed by atoms with E-state index in [0.717, 1.165) is 39.8 Å². The fourth-order valence-electron chi connectivity index (χ4n) is 3.10. The van der Waals surface area contributed by atoms with Gasteiger partial charge in [-0.25, -0.2) is 4.68 Å². The van der Waals surface area contributed by atoms with E-state index in [1.165, 1.54) is 17.4 Å². The molecule has 6 nitrogen and oxygen atoms in total. The van der Waals surface area contributed by atoms with Gasteiger partial charge < -0.3 is 15.2 Å². The fourth-order valence-corrected chi connectivity index (χ4v) is 4.00. The number of hydrogen-bond acceptors (Lipinski definition) is 5. The number of aromatic hydroxyl groups is 2. The van der Waals surface area contributed by atoms with Crippen molar-refractivity contribution in [3.05, 3.63) is 64.4 Å². The van der Waals surface area contributed by atoms with E-state index in [9.17, 15) is 10.2 Å². The van der Waals surface area contributed by atoms with Crippen LogP contribution in [0.15, 0.2) is 64.1 Å². The molecular weight excluding hydrogens is 372 g/mol. The minimum atomic E-state index is 0.00631. The molecule has 4 aromatic rings. The van der Waals surface area contributed by atoms with Crippen molar-refractivity contribution in [1.29, 1.82) is 0 Å². The number of fused-ring (bicyclic) bond motifs is 1. The van der Waals surface area contributed by atoms with Gasteiger partial charge >= 0.3 is 0 Å². The van der Waals surface area contributed by atoms with Crippen LogP contribution in [-0.4, -0.2) is 32.1 Å². The largest absolute Gasteiger partial charge is 0.508 e. The van der Waals surface area contributed by atoms with Gasteiger partial charge in [0, 0.05) is 39.7 Å².